The Kier molecular flexibility index (Phi) is 5.12. The van der Waals surface area contributed by atoms with E-state index in [0.717, 1.165) is 0 Å². The van der Waals surface area contributed by atoms with Crippen LogP contribution in [0.25, 0.3) is 34.1 Å². The zero-order valence-corrected chi connectivity index (χ0v) is 17.1. The van der Waals surface area contributed by atoms with Gasteiger partial charge in [-0.3, -0.25) is 4.79 Å². The molecule has 0 aliphatic rings. The van der Waals surface area contributed by atoms with E-state index in [1.54, 1.807) is 56.5 Å². The maximum Gasteiger partial charge on any atom is 0.227 e. The molecule has 0 saturated carbocycles. The van der Waals surface area contributed by atoms with Crippen LogP contribution in [0, 0.1) is 6.92 Å². The van der Waals surface area contributed by atoms with Crippen LogP contribution in [0.4, 0.5) is 0 Å². The predicted molar refractivity (Wildman–Crippen MR) is 115 cm³/mol. The van der Waals surface area contributed by atoms with Crippen molar-refractivity contribution in [1.82, 2.24) is 9.97 Å². The molecule has 2 heterocycles. The third kappa shape index (κ3) is 3.59. The van der Waals surface area contributed by atoms with Crippen molar-refractivity contribution in [1.29, 1.82) is 0 Å². The second kappa shape index (κ2) is 7.91. The van der Waals surface area contributed by atoms with Crippen molar-refractivity contribution in [2.75, 3.05) is 14.2 Å². The number of H-pyrrole nitrogens is 1. The molecule has 2 aromatic carbocycles. The number of aryl methyl sites for hydroxylation is 1. The van der Waals surface area contributed by atoms with Gasteiger partial charge >= 0.3 is 0 Å². The smallest absolute Gasteiger partial charge is 0.227 e. The first-order valence-corrected chi connectivity index (χ1v) is 9.37. The molecule has 0 bridgehead atoms. The number of methoxy groups -OCH3 is 2. The monoisotopic (exact) mass is 420 g/mol. The molecule has 0 saturated heterocycles. The minimum Gasteiger partial charge on any atom is -0.504 e. The summed E-state index contributed by atoms with van der Waals surface area (Å²) in [6, 6.07) is 13.3. The number of hydrogen-bond donors (Lipinski definition) is 3. The van der Waals surface area contributed by atoms with Crippen molar-refractivity contribution in [2.24, 2.45) is 0 Å². The minimum atomic E-state index is -0.570. The molecule has 0 amide bonds. The van der Waals surface area contributed by atoms with Crippen LogP contribution in [0.3, 0.4) is 0 Å². The standard InChI is InChI=1S/C23H20N2O6/c1-12-11-16(26)21(28)22(31-12)19-18(13-7-9-14(29-2)10-8-13)24-23(25-19)15-5-4-6-17(30-3)20(15)27/h4-11,27-28H,1-3H3,(H,24,25). The number of rotatable bonds is 5. The molecule has 8 heteroatoms. The Bertz CT molecular complexity index is 1300. The Balaban J connectivity index is 1.98. The van der Waals surface area contributed by atoms with Crippen LogP contribution >= 0.6 is 0 Å². The average Bonchev–Trinajstić information content (AvgIpc) is 3.21. The molecule has 0 atom stereocenters. The van der Waals surface area contributed by atoms with Crippen LogP contribution in [0.15, 0.2) is 57.7 Å². The highest BCUT2D eigenvalue weighted by Crippen LogP contribution is 2.40. The lowest BCUT2D eigenvalue weighted by Gasteiger charge is -2.06. The molecule has 2 aromatic heterocycles. The highest BCUT2D eigenvalue weighted by Gasteiger charge is 2.23. The molecule has 4 aromatic rings. The van der Waals surface area contributed by atoms with Crippen molar-refractivity contribution >= 4 is 0 Å². The van der Waals surface area contributed by atoms with Gasteiger partial charge in [0.05, 0.1) is 19.8 Å². The second-order valence-electron chi connectivity index (χ2n) is 6.79. The fourth-order valence-electron chi connectivity index (χ4n) is 3.27. The molecule has 31 heavy (non-hydrogen) atoms. The molecule has 8 nitrogen and oxygen atoms in total. The number of aromatic amines is 1. The summed E-state index contributed by atoms with van der Waals surface area (Å²) in [6.07, 6.45) is 0. The van der Waals surface area contributed by atoms with E-state index in [0.29, 0.717) is 39.8 Å². The summed E-state index contributed by atoms with van der Waals surface area (Å²) >= 11 is 0. The van der Waals surface area contributed by atoms with Gasteiger partial charge in [0, 0.05) is 11.6 Å². The average molecular weight is 420 g/mol. The number of phenolic OH excluding ortho intramolecular Hbond substituents is 1. The van der Waals surface area contributed by atoms with Crippen molar-refractivity contribution in [3.05, 3.63) is 64.5 Å². The highest BCUT2D eigenvalue weighted by molar-refractivity contribution is 5.82. The lowest BCUT2D eigenvalue weighted by molar-refractivity contribution is 0.374. The normalized spacial score (nSPS) is 10.8. The van der Waals surface area contributed by atoms with Crippen molar-refractivity contribution < 1.29 is 24.1 Å². The number of nitrogens with zero attached hydrogens (tertiary/aromatic N) is 1. The molecule has 158 valence electrons. The first-order chi connectivity index (χ1) is 14.9. The number of ether oxygens (including phenoxy) is 2. The summed E-state index contributed by atoms with van der Waals surface area (Å²) in [5.41, 5.74) is 1.21. The number of aromatic nitrogens is 2. The summed E-state index contributed by atoms with van der Waals surface area (Å²) in [7, 11) is 3.02. The van der Waals surface area contributed by atoms with Crippen LogP contribution < -0.4 is 14.9 Å². The summed E-state index contributed by atoms with van der Waals surface area (Å²) in [5, 5.41) is 21.0. The van der Waals surface area contributed by atoms with Gasteiger partial charge in [0.25, 0.3) is 0 Å². The lowest BCUT2D eigenvalue weighted by Crippen LogP contribution is -2.01. The van der Waals surface area contributed by atoms with Crippen molar-refractivity contribution in [2.45, 2.75) is 6.92 Å². The second-order valence-corrected chi connectivity index (χ2v) is 6.79. The Morgan fingerprint density at radius 2 is 1.74 bits per heavy atom. The number of aromatic hydroxyl groups is 2. The number of nitrogens with one attached hydrogen (secondary N) is 1. The first kappa shape index (κ1) is 20.1. The summed E-state index contributed by atoms with van der Waals surface area (Å²) < 4.78 is 16.1. The fourth-order valence-corrected chi connectivity index (χ4v) is 3.27. The number of benzene rings is 2. The maximum absolute atomic E-state index is 12.2. The van der Waals surface area contributed by atoms with Gasteiger partial charge in [-0.25, -0.2) is 4.98 Å². The third-order valence-corrected chi connectivity index (χ3v) is 4.81. The van der Waals surface area contributed by atoms with Gasteiger partial charge in [-0.1, -0.05) is 6.07 Å². The maximum atomic E-state index is 12.2. The Morgan fingerprint density at radius 3 is 2.42 bits per heavy atom. The van der Waals surface area contributed by atoms with E-state index in [1.807, 2.05) is 0 Å². The molecule has 0 radical (unpaired) electrons. The Hall–Kier alpha value is -4.20. The molecule has 4 rings (SSSR count). The van der Waals surface area contributed by atoms with Crippen molar-refractivity contribution in [3.63, 3.8) is 0 Å². The molecular formula is C23H20N2O6. The molecule has 3 N–H and O–H groups in total. The molecule has 0 unspecified atom stereocenters. The lowest BCUT2D eigenvalue weighted by atomic mass is 10.1. The quantitative estimate of drug-likeness (QED) is 0.445. The third-order valence-electron chi connectivity index (χ3n) is 4.81. The van der Waals surface area contributed by atoms with Gasteiger partial charge in [-0.15, -0.1) is 0 Å². The van der Waals surface area contributed by atoms with Crippen LogP contribution in [0.1, 0.15) is 5.76 Å². The zero-order valence-electron chi connectivity index (χ0n) is 17.1. The Labute approximate surface area is 177 Å². The zero-order chi connectivity index (χ0) is 22.1. The fraction of sp³-hybridized carbons (Fsp3) is 0.130. The van der Waals surface area contributed by atoms with Crippen LogP contribution in [-0.2, 0) is 0 Å². The van der Waals surface area contributed by atoms with E-state index in [4.69, 9.17) is 13.9 Å². The number of hydrogen-bond acceptors (Lipinski definition) is 7. The first-order valence-electron chi connectivity index (χ1n) is 9.37. The number of para-hydroxylation sites is 1. The van der Waals surface area contributed by atoms with E-state index < -0.39 is 11.2 Å². The van der Waals surface area contributed by atoms with Gasteiger partial charge in [0.1, 0.15) is 28.7 Å². The predicted octanol–water partition coefficient (Wildman–Crippen LogP) is 4.10. The van der Waals surface area contributed by atoms with E-state index in [-0.39, 0.29) is 17.3 Å². The van der Waals surface area contributed by atoms with Gasteiger partial charge in [0.2, 0.25) is 11.2 Å². The molecule has 0 aliphatic carbocycles. The molecule has 0 aliphatic heterocycles. The van der Waals surface area contributed by atoms with E-state index in [9.17, 15) is 15.0 Å². The largest absolute Gasteiger partial charge is 0.504 e. The molecule has 0 fully saturated rings. The molecular weight excluding hydrogens is 400 g/mol. The number of imidazole rings is 1. The van der Waals surface area contributed by atoms with Gasteiger partial charge < -0.3 is 29.1 Å². The van der Waals surface area contributed by atoms with E-state index in [1.165, 1.54) is 13.2 Å². The van der Waals surface area contributed by atoms with Crippen molar-refractivity contribution in [3.8, 4) is 57.1 Å². The summed E-state index contributed by atoms with van der Waals surface area (Å²) in [6.45, 7) is 1.61. The minimum absolute atomic E-state index is 0.0445. The summed E-state index contributed by atoms with van der Waals surface area (Å²) in [4.78, 5) is 19.9. The Morgan fingerprint density at radius 1 is 1.00 bits per heavy atom. The van der Waals surface area contributed by atoms with E-state index >= 15 is 0 Å². The summed E-state index contributed by atoms with van der Waals surface area (Å²) in [5.74, 6) is 0.909. The topological polar surface area (TPSA) is 118 Å². The molecule has 0 spiro atoms. The number of phenols is 1. The van der Waals surface area contributed by atoms with Crippen LogP contribution in [-0.4, -0.2) is 34.4 Å². The van der Waals surface area contributed by atoms with Crippen LogP contribution in [0.5, 0.6) is 23.0 Å². The van der Waals surface area contributed by atoms with E-state index in [2.05, 4.69) is 9.97 Å². The highest BCUT2D eigenvalue weighted by atomic mass is 16.5. The van der Waals surface area contributed by atoms with Crippen LogP contribution in [0.2, 0.25) is 0 Å². The van der Waals surface area contributed by atoms with Gasteiger partial charge in [0.15, 0.2) is 17.3 Å². The SMILES string of the molecule is COc1ccc(-c2nc(-c3cccc(OC)c3O)[nH]c2-c2oc(C)cc(=O)c2O)cc1. The van der Waals surface area contributed by atoms with Gasteiger partial charge in [-0.05, 0) is 43.3 Å². The van der Waals surface area contributed by atoms with Gasteiger partial charge in [-0.2, -0.15) is 0 Å².